The zero-order chi connectivity index (χ0) is 12.5. The average Bonchev–Trinajstić information content (AvgIpc) is 2.86. The molecule has 1 atom stereocenters. The van der Waals surface area contributed by atoms with Crippen molar-refractivity contribution in [2.24, 2.45) is 5.92 Å². The second-order valence-corrected chi connectivity index (χ2v) is 6.71. The van der Waals surface area contributed by atoms with Gasteiger partial charge in [-0.25, -0.2) is 0 Å². The number of likely N-dealkylation sites (tertiary alicyclic amines) is 1. The lowest BCUT2D eigenvalue weighted by molar-refractivity contribution is -0.131. The fraction of sp³-hybridized carbons (Fsp3) is 0.833. The fourth-order valence-electron chi connectivity index (χ4n) is 2.58. The predicted molar refractivity (Wildman–Crippen MR) is 68.6 cm³/mol. The maximum absolute atomic E-state index is 12.0. The van der Waals surface area contributed by atoms with Crippen LogP contribution in [0.3, 0.4) is 0 Å². The summed E-state index contributed by atoms with van der Waals surface area (Å²) in [5, 5.41) is 0. The van der Waals surface area contributed by atoms with Crippen LogP contribution in [0.2, 0.25) is 0 Å². The zero-order valence-corrected chi connectivity index (χ0v) is 11.3. The lowest BCUT2D eigenvalue weighted by Crippen LogP contribution is -2.44. The lowest BCUT2D eigenvalue weighted by Gasteiger charge is -2.30. The molecule has 2 rings (SSSR count). The van der Waals surface area contributed by atoms with Gasteiger partial charge in [0.1, 0.15) is 4.87 Å². The molecule has 2 amide bonds. The van der Waals surface area contributed by atoms with E-state index in [1.165, 1.54) is 0 Å². The van der Waals surface area contributed by atoms with E-state index in [0.717, 1.165) is 31.7 Å². The van der Waals surface area contributed by atoms with Crippen molar-refractivity contribution in [2.45, 2.75) is 31.6 Å². The van der Waals surface area contributed by atoms with Crippen molar-refractivity contribution in [1.82, 2.24) is 9.80 Å². The van der Waals surface area contributed by atoms with Gasteiger partial charge in [0.15, 0.2) is 0 Å². The van der Waals surface area contributed by atoms with E-state index in [-0.39, 0.29) is 10.8 Å². The molecule has 0 N–H and O–H groups in total. The zero-order valence-electron chi connectivity index (χ0n) is 10.5. The molecule has 2 aliphatic rings. The van der Waals surface area contributed by atoms with Gasteiger partial charge in [-0.05, 0) is 12.3 Å². The standard InChI is InChI=1S/C12H20N2O2S/c1-10(2)7-11(16)13-4-3-12(8-13)14(9-15)5-6-17-12/h9-10H,3-8H2,1-2H3. The highest BCUT2D eigenvalue weighted by Gasteiger charge is 2.47. The van der Waals surface area contributed by atoms with Crippen LogP contribution in [0.5, 0.6) is 0 Å². The molecule has 17 heavy (non-hydrogen) atoms. The van der Waals surface area contributed by atoms with E-state index in [0.29, 0.717) is 18.9 Å². The molecule has 1 unspecified atom stereocenters. The molecule has 4 nitrogen and oxygen atoms in total. The Balaban J connectivity index is 1.99. The van der Waals surface area contributed by atoms with Gasteiger partial charge in [0.2, 0.25) is 12.3 Å². The van der Waals surface area contributed by atoms with Crippen LogP contribution < -0.4 is 0 Å². The van der Waals surface area contributed by atoms with E-state index in [1.54, 1.807) is 0 Å². The minimum atomic E-state index is -0.117. The Hall–Kier alpha value is -0.710. The van der Waals surface area contributed by atoms with E-state index in [1.807, 2.05) is 21.6 Å². The third-order valence-corrected chi connectivity index (χ3v) is 4.99. The number of carbonyl (C=O) groups excluding carboxylic acids is 2. The Kier molecular flexibility index (Phi) is 3.66. The van der Waals surface area contributed by atoms with Crippen LogP contribution in [0.4, 0.5) is 0 Å². The van der Waals surface area contributed by atoms with Gasteiger partial charge < -0.3 is 9.80 Å². The molecule has 2 aliphatic heterocycles. The van der Waals surface area contributed by atoms with E-state index in [4.69, 9.17) is 0 Å². The van der Waals surface area contributed by atoms with E-state index in [9.17, 15) is 9.59 Å². The van der Waals surface area contributed by atoms with Gasteiger partial charge in [0.25, 0.3) is 0 Å². The maximum Gasteiger partial charge on any atom is 0.222 e. The van der Waals surface area contributed by atoms with Crippen molar-refractivity contribution in [1.29, 1.82) is 0 Å². The fourth-order valence-corrected chi connectivity index (χ4v) is 4.03. The summed E-state index contributed by atoms with van der Waals surface area (Å²) in [7, 11) is 0. The Morgan fingerprint density at radius 1 is 1.47 bits per heavy atom. The van der Waals surface area contributed by atoms with E-state index >= 15 is 0 Å². The number of rotatable bonds is 3. The van der Waals surface area contributed by atoms with Crippen molar-refractivity contribution in [3.8, 4) is 0 Å². The van der Waals surface area contributed by atoms with Gasteiger partial charge in [0.05, 0.1) is 6.54 Å². The van der Waals surface area contributed by atoms with Crippen molar-refractivity contribution in [3.63, 3.8) is 0 Å². The average molecular weight is 256 g/mol. The summed E-state index contributed by atoms with van der Waals surface area (Å²) in [5.41, 5.74) is 0. The highest BCUT2D eigenvalue weighted by Crippen LogP contribution is 2.42. The largest absolute Gasteiger partial charge is 0.339 e. The molecule has 2 heterocycles. The molecule has 2 fully saturated rings. The van der Waals surface area contributed by atoms with Crippen LogP contribution in [0, 0.1) is 5.92 Å². The molecule has 0 aromatic carbocycles. The van der Waals surface area contributed by atoms with Crippen LogP contribution in [0.25, 0.3) is 0 Å². The van der Waals surface area contributed by atoms with Crippen molar-refractivity contribution in [2.75, 3.05) is 25.4 Å². The summed E-state index contributed by atoms with van der Waals surface area (Å²) >= 11 is 1.83. The van der Waals surface area contributed by atoms with Crippen LogP contribution >= 0.6 is 11.8 Å². The van der Waals surface area contributed by atoms with Crippen LogP contribution in [-0.2, 0) is 9.59 Å². The number of amides is 2. The highest BCUT2D eigenvalue weighted by molar-refractivity contribution is 8.00. The van der Waals surface area contributed by atoms with Gasteiger partial charge in [-0.3, -0.25) is 9.59 Å². The second kappa shape index (κ2) is 4.88. The maximum atomic E-state index is 12.0. The molecule has 1 spiro atoms. The van der Waals surface area contributed by atoms with Crippen LogP contribution in [0.15, 0.2) is 0 Å². The summed E-state index contributed by atoms with van der Waals surface area (Å²) < 4.78 is 0. The van der Waals surface area contributed by atoms with E-state index in [2.05, 4.69) is 13.8 Å². The Morgan fingerprint density at radius 3 is 2.88 bits per heavy atom. The first-order valence-corrected chi connectivity index (χ1v) is 7.20. The molecule has 0 saturated carbocycles. The number of nitrogens with zero attached hydrogens (tertiary/aromatic N) is 2. The minimum Gasteiger partial charge on any atom is -0.339 e. The SMILES string of the molecule is CC(C)CC(=O)N1CCC2(C1)SCCN2C=O. The Morgan fingerprint density at radius 2 is 2.24 bits per heavy atom. The normalized spacial score (nSPS) is 28.4. The number of hydrogen-bond donors (Lipinski definition) is 0. The first-order valence-electron chi connectivity index (χ1n) is 6.21. The predicted octanol–water partition coefficient (Wildman–Crippen LogP) is 1.17. The summed E-state index contributed by atoms with van der Waals surface area (Å²) in [6.07, 6.45) is 2.47. The molecule has 0 radical (unpaired) electrons. The minimum absolute atomic E-state index is 0.117. The topological polar surface area (TPSA) is 40.6 Å². The number of carbonyl (C=O) groups is 2. The van der Waals surface area contributed by atoms with Crippen LogP contribution in [0.1, 0.15) is 26.7 Å². The van der Waals surface area contributed by atoms with Gasteiger partial charge in [-0.1, -0.05) is 13.8 Å². The first kappa shape index (κ1) is 12.7. The first-order chi connectivity index (χ1) is 8.07. The molecular formula is C12H20N2O2S. The van der Waals surface area contributed by atoms with Gasteiger partial charge in [-0.15, -0.1) is 11.8 Å². The molecule has 5 heteroatoms. The van der Waals surface area contributed by atoms with Gasteiger partial charge >= 0.3 is 0 Å². The summed E-state index contributed by atoms with van der Waals surface area (Å²) in [5.74, 6) is 1.62. The Bertz CT molecular complexity index is 322. The molecule has 0 bridgehead atoms. The van der Waals surface area contributed by atoms with Crippen LogP contribution in [-0.4, -0.2) is 52.4 Å². The molecule has 0 aromatic heterocycles. The molecule has 2 saturated heterocycles. The monoisotopic (exact) mass is 256 g/mol. The van der Waals surface area contributed by atoms with Crippen molar-refractivity contribution < 1.29 is 9.59 Å². The quantitative estimate of drug-likeness (QED) is 0.712. The molecule has 96 valence electrons. The van der Waals surface area contributed by atoms with Gasteiger partial charge in [0, 0.05) is 25.3 Å². The smallest absolute Gasteiger partial charge is 0.222 e. The number of hydrogen-bond acceptors (Lipinski definition) is 3. The highest BCUT2D eigenvalue weighted by atomic mass is 32.2. The van der Waals surface area contributed by atoms with Crippen molar-refractivity contribution >= 4 is 24.1 Å². The summed E-state index contributed by atoms with van der Waals surface area (Å²) in [6, 6.07) is 0. The Labute approximate surface area is 107 Å². The van der Waals surface area contributed by atoms with Gasteiger partial charge in [-0.2, -0.15) is 0 Å². The van der Waals surface area contributed by atoms with E-state index < -0.39 is 0 Å². The number of thioether (sulfide) groups is 1. The van der Waals surface area contributed by atoms with Crippen molar-refractivity contribution in [3.05, 3.63) is 0 Å². The third kappa shape index (κ3) is 2.44. The third-order valence-electron chi connectivity index (χ3n) is 3.50. The molecule has 0 aromatic rings. The molecule has 0 aliphatic carbocycles. The molecular weight excluding hydrogens is 236 g/mol. The summed E-state index contributed by atoms with van der Waals surface area (Å²) in [4.78, 5) is 26.7. The summed E-state index contributed by atoms with van der Waals surface area (Å²) in [6.45, 7) is 6.45. The second-order valence-electron chi connectivity index (χ2n) is 5.26. The lowest BCUT2D eigenvalue weighted by atomic mass is 10.1.